The van der Waals surface area contributed by atoms with Crippen LogP contribution in [-0.2, 0) is 4.74 Å². The van der Waals surface area contributed by atoms with E-state index in [1.165, 1.54) is 6.07 Å². The van der Waals surface area contributed by atoms with Gasteiger partial charge >= 0.3 is 5.63 Å². The van der Waals surface area contributed by atoms with Gasteiger partial charge in [-0.15, -0.1) is 0 Å². The third-order valence-electron chi connectivity index (χ3n) is 3.98. The third kappa shape index (κ3) is 3.02. The van der Waals surface area contributed by atoms with Gasteiger partial charge in [-0.25, -0.2) is 4.79 Å². The third-order valence-corrected chi connectivity index (χ3v) is 3.98. The Kier molecular flexibility index (Phi) is 4.57. The van der Waals surface area contributed by atoms with Gasteiger partial charge in [0, 0.05) is 17.0 Å². The summed E-state index contributed by atoms with van der Waals surface area (Å²) in [6.07, 6.45) is -6.85. The van der Waals surface area contributed by atoms with Gasteiger partial charge in [-0.1, -0.05) is 0 Å². The average molecular weight is 338 g/mol. The van der Waals surface area contributed by atoms with Crippen molar-refractivity contribution in [2.24, 2.45) is 0 Å². The van der Waals surface area contributed by atoms with Crippen molar-refractivity contribution in [3.8, 4) is 5.75 Å². The normalized spacial score (nSPS) is 30.5. The van der Waals surface area contributed by atoms with E-state index >= 15 is 0 Å². The predicted molar refractivity (Wildman–Crippen MR) is 81.6 cm³/mol. The van der Waals surface area contributed by atoms with Crippen LogP contribution < -0.4 is 10.4 Å². The number of aliphatic hydroxyl groups excluding tert-OH is 4. The minimum absolute atomic E-state index is 0.235. The number of benzene rings is 1. The molecule has 3 rings (SSSR count). The van der Waals surface area contributed by atoms with Gasteiger partial charge in [-0.05, 0) is 25.1 Å². The number of hydrogen-bond acceptors (Lipinski definition) is 8. The Bertz CT molecular complexity index is 783. The fraction of sp³-hybridized carbons (Fsp3) is 0.438. The van der Waals surface area contributed by atoms with Gasteiger partial charge in [0.25, 0.3) is 0 Å². The van der Waals surface area contributed by atoms with E-state index in [9.17, 15) is 20.1 Å². The maximum absolute atomic E-state index is 11.6. The molecule has 0 saturated carbocycles. The van der Waals surface area contributed by atoms with Crippen molar-refractivity contribution in [1.29, 1.82) is 0 Å². The number of rotatable bonds is 3. The van der Waals surface area contributed by atoms with Gasteiger partial charge in [0.05, 0.1) is 6.61 Å². The maximum atomic E-state index is 11.6. The van der Waals surface area contributed by atoms with E-state index in [2.05, 4.69) is 0 Å². The highest BCUT2D eigenvalue weighted by molar-refractivity contribution is 5.78. The van der Waals surface area contributed by atoms with Crippen LogP contribution in [0.15, 0.2) is 33.5 Å². The molecule has 0 unspecified atom stereocenters. The summed E-state index contributed by atoms with van der Waals surface area (Å²) in [5.41, 5.74) is 0.310. The monoisotopic (exact) mass is 338 g/mol. The Morgan fingerprint density at radius 3 is 2.58 bits per heavy atom. The van der Waals surface area contributed by atoms with Crippen LogP contribution in [0.5, 0.6) is 5.75 Å². The van der Waals surface area contributed by atoms with Crippen LogP contribution >= 0.6 is 0 Å². The molecule has 2 heterocycles. The fourth-order valence-electron chi connectivity index (χ4n) is 2.57. The van der Waals surface area contributed by atoms with Gasteiger partial charge < -0.3 is 34.3 Å². The summed E-state index contributed by atoms with van der Waals surface area (Å²) in [5, 5.41) is 39.3. The summed E-state index contributed by atoms with van der Waals surface area (Å²) < 4.78 is 15.9. The molecule has 1 aromatic carbocycles. The Labute approximate surface area is 136 Å². The van der Waals surface area contributed by atoms with Crippen molar-refractivity contribution < 1.29 is 34.3 Å². The second-order valence-electron chi connectivity index (χ2n) is 5.73. The summed E-state index contributed by atoms with van der Waals surface area (Å²) in [5.74, 6) is 0.235. The van der Waals surface area contributed by atoms with Gasteiger partial charge in [0.15, 0.2) is 0 Å². The fourth-order valence-corrected chi connectivity index (χ4v) is 2.57. The largest absolute Gasteiger partial charge is 0.462 e. The van der Waals surface area contributed by atoms with E-state index in [4.69, 9.17) is 19.0 Å². The number of fused-ring (bicyclic) bond motifs is 1. The molecule has 4 N–H and O–H groups in total. The Morgan fingerprint density at radius 1 is 1.12 bits per heavy atom. The SMILES string of the molecule is Cc1cc2ccc(O[C@@H]3O[C@H](CO)[C@H](O)[C@H](O)[C@H]3O)cc2oc1=O. The summed E-state index contributed by atoms with van der Waals surface area (Å²) in [6.45, 7) is 1.10. The molecular formula is C16H18O8. The lowest BCUT2D eigenvalue weighted by Gasteiger charge is -2.39. The maximum Gasteiger partial charge on any atom is 0.339 e. The van der Waals surface area contributed by atoms with Crippen molar-refractivity contribution in [1.82, 2.24) is 0 Å². The van der Waals surface area contributed by atoms with Crippen molar-refractivity contribution in [3.63, 3.8) is 0 Å². The van der Waals surface area contributed by atoms with Gasteiger partial charge in [0.1, 0.15) is 35.7 Å². The second-order valence-corrected chi connectivity index (χ2v) is 5.73. The Morgan fingerprint density at radius 2 is 1.88 bits per heavy atom. The highest BCUT2D eigenvalue weighted by atomic mass is 16.7. The second kappa shape index (κ2) is 6.50. The molecule has 0 radical (unpaired) electrons. The first-order chi connectivity index (χ1) is 11.4. The van der Waals surface area contributed by atoms with Crippen LogP contribution in [0.2, 0.25) is 0 Å². The van der Waals surface area contributed by atoms with Gasteiger partial charge in [-0.2, -0.15) is 0 Å². The zero-order chi connectivity index (χ0) is 17.4. The number of ether oxygens (including phenoxy) is 2. The van der Waals surface area contributed by atoms with Crippen molar-refractivity contribution in [2.45, 2.75) is 37.6 Å². The quantitative estimate of drug-likeness (QED) is 0.540. The highest BCUT2D eigenvalue weighted by Crippen LogP contribution is 2.26. The number of aliphatic hydroxyl groups is 4. The van der Waals surface area contributed by atoms with Crippen molar-refractivity contribution in [2.75, 3.05) is 6.61 Å². The molecule has 2 aromatic rings. The van der Waals surface area contributed by atoms with Crippen LogP contribution in [0, 0.1) is 6.92 Å². The minimum atomic E-state index is -1.53. The number of hydrogen-bond donors (Lipinski definition) is 4. The van der Waals surface area contributed by atoms with Crippen LogP contribution in [0.4, 0.5) is 0 Å². The lowest BCUT2D eigenvalue weighted by molar-refractivity contribution is -0.277. The highest BCUT2D eigenvalue weighted by Gasteiger charge is 2.44. The minimum Gasteiger partial charge on any atom is -0.462 e. The van der Waals surface area contributed by atoms with Gasteiger partial charge in [0.2, 0.25) is 6.29 Å². The molecule has 1 fully saturated rings. The van der Waals surface area contributed by atoms with E-state index < -0.39 is 42.9 Å². The molecule has 8 nitrogen and oxygen atoms in total. The van der Waals surface area contributed by atoms with Gasteiger partial charge in [-0.3, -0.25) is 0 Å². The molecule has 5 atom stereocenters. The van der Waals surface area contributed by atoms with E-state index in [0.29, 0.717) is 16.5 Å². The topological polar surface area (TPSA) is 130 Å². The summed E-state index contributed by atoms with van der Waals surface area (Å²) in [4.78, 5) is 11.6. The molecule has 8 heteroatoms. The van der Waals surface area contributed by atoms with Crippen LogP contribution in [0.3, 0.4) is 0 Å². The molecule has 0 spiro atoms. The Balaban J connectivity index is 1.86. The molecule has 1 aliphatic heterocycles. The molecule has 0 aliphatic carbocycles. The lowest BCUT2D eigenvalue weighted by atomic mass is 9.99. The zero-order valence-electron chi connectivity index (χ0n) is 12.8. The average Bonchev–Trinajstić information content (AvgIpc) is 2.56. The molecule has 1 aliphatic rings. The zero-order valence-corrected chi connectivity index (χ0v) is 12.8. The summed E-state index contributed by atoms with van der Waals surface area (Å²) in [7, 11) is 0. The number of aryl methyl sites for hydroxylation is 1. The van der Waals surface area contributed by atoms with Crippen LogP contribution in [0.25, 0.3) is 11.0 Å². The van der Waals surface area contributed by atoms with E-state index in [1.54, 1.807) is 25.1 Å². The first-order valence-corrected chi connectivity index (χ1v) is 7.42. The first-order valence-electron chi connectivity index (χ1n) is 7.42. The molecular weight excluding hydrogens is 320 g/mol. The van der Waals surface area contributed by atoms with Crippen LogP contribution in [0.1, 0.15) is 5.56 Å². The Hall–Kier alpha value is -1.97. The molecule has 1 aromatic heterocycles. The standard InChI is InChI=1S/C16H18O8/c1-7-4-8-2-3-9(5-10(8)23-15(7)21)22-16-14(20)13(19)12(18)11(6-17)24-16/h2-5,11-14,16-20H,6H2,1H3/t11-,12+,13+,14-,16-/m1/s1. The lowest BCUT2D eigenvalue weighted by Crippen LogP contribution is -2.60. The molecule has 0 amide bonds. The smallest absolute Gasteiger partial charge is 0.339 e. The molecule has 0 bridgehead atoms. The molecule has 1 saturated heterocycles. The summed E-state index contributed by atoms with van der Waals surface area (Å²) in [6, 6.07) is 6.39. The summed E-state index contributed by atoms with van der Waals surface area (Å²) >= 11 is 0. The predicted octanol–water partition coefficient (Wildman–Crippen LogP) is -0.720. The van der Waals surface area contributed by atoms with Crippen LogP contribution in [-0.4, -0.2) is 57.7 Å². The van der Waals surface area contributed by atoms with E-state index in [-0.39, 0.29) is 5.75 Å². The van der Waals surface area contributed by atoms with E-state index in [0.717, 1.165) is 0 Å². The van der Waals surface area contributed by atoms with Crippen molar-refractivity contribution >= 4 is 11.0 Å². The first kappa shape index (κ1) is 16.9. The van der Waals surface area contributed by atoms with E-state index in [1.807, 2.05) is 0 Å². The molecule has 130 valence electrons. The van der Waals surface area contributed by atoms with Crippen molar-refractivity contribution in [3.05, 3.63) is 40.2 Å². The molecule has 24 heavy (non-hydrogen) atoms.